The third kappa shape index (κ3) is 1.35. The number of fused-ring (bicyclic) bond motifs is 2. The molecular weight excluding hydrogens is 200 g/mol. The summed E-state index contributed by atoms with van der Waals surface area (Å²) in [5.74, 6) is 6.48. The van der Waals surface area contributed by atoms with E-state index in [4.69, 9.17) is 4.74 Å². The minimum Gasteiger partial charge on any atom is -0.366 e. The molecule has 1 saturated carbocycles. The molecule has 0 unspecified atom stereocenters. The minimum absolute atomic E-state index is 0.212. The number of hydrogen-bond donors (Lipinski definition) is 0. The standard InChI is InChI=1S/C14H18O2/c1-4-5-8-13(2)11-6-9-14(16-3,10-7-11)12(13)15/h6,9,11H,7-8,10H2,1-3H3/t11-,13-,14-/m1/s1. The fourth-order valence-corrected chi connectivity index (χ4v) is 2.94. The number of hydrogen-bond acceptors (Lipinski definition) is 2. The maximum atomic E-state index is 12.5. The molecule has 0 spiro atoms. The quantitative estimate of drug-likeness (QED) is 0.525. The molecule has 2 bridgehead atoms. The molecule has 0 heterocycles. The fraction of sp³-hybridized carbons (Fsp3) is 0.643. The van der Waals surface area contributed by atoms with Gasteiger partial charge < -0.3 is 4.74 Å². The summed E-state index contributed by atoms with van der Waals surface area (Å²) in [5.41, 5.74) is -1.02. The van der Waals surface area contributed by atoms with Gasteiger partial charge in [-0.05, 0) is 31.8 Å². The van der Waals surface area contributed by atoms with Crippen molar-refractivity contribution in [3.8, 4) is 11.8 Å². The van der Waals surface area contributed by atoms with Gasteiger partial charge in [-0.2, -0.15) is 0 Å². The first-order valence-corrected chi connectivity index (χ1v) is 5.78. The number of ether oxygens (including phenoxy) is 1. The molecule has 3 rings (SSSR count). The number of rotatable bonds is 2. The van der Waals surface area contributed by atoms with Crippen LogP contribution in [-0.4, -0.2) is 18.5 Å². The zero-order chi connectivity index (χ0) is 11.8. The van der Waals surface area contributed by atoms with Gasteiger partial charge in [0.05, 0.1) is 0 Å². The molecule has 0 aromatic rings. The van der Waals surface area contributed by atoms with Gasteiger partial charge in [0.25, 0.3) is 0 Å². The molecule has 16 heavy (non-hydrogen) atoms. The molecule has 86 valence electrons. The second-order valence-corrected chi connectivity index (χ2v) is 4.95. The van der Waals surface area contributed by atoms with Gasteiger partial charge in [0.1, 0.15) is 5.60 Å². The van der Waals surface area contributed by atoms with Crippen molar-refractivity contribution in [1.82, 2.24) is 0 Å². The van der Waals surface area contributed by atoms with Crippen molar-refractivity contribution < 1.29 is 9.53 Å². The first-order chi connectivity index (χ1) is 7.59. The summed E-state index contributed by atoms with van der Waals surface area (Å²) in [4.78, 5) is 12.5. The molecule has 0 saturated heterocycles. The maximum absolute atomic E-state index is 12.5. The lowest BCUT2D eigenvalue weighted by molar-refractivity contribution is -0.156. The summed E-state index contributed by atoms with van der Waals surface area (Å²) in [5, 5.41) is 0. The van der Waals surface area contributed by atoms with Crippen molar-refractivity contribution >= 4 is 5.78 Å². The van der Waals surface area contributed by atoms with Crippen molar-refractivity contribution in [3.63, 3.8) is 0 Å². The predicted molar refractivity (Wildman–Crippen MR) is 62.8 cm³/mol. The van der Waals surface area contributed by atoms with Crippen molar-refractivity contribution in [2.75, 3.05) is 7.11 Å². The normalized spacial score (nSPS) is 40.7. The van der Waals surface area contributed by atoms with Gasteiger partial charge in [-0.1, -0.05) is 13.0 Å². The molecule has 3 aliphatic carbocycles. The van der Waals surface area contributed by atoms with E-state index >= 15 is 0 Å². The largest absolute Gasteiger partial charge is 0.366 e. The van der Waals surface area contributed by atoms with Crippen LogP contribution in [0.5, 0.6) is 0 Å². The number of ketones is 1. The molecule has 1 fully saturated rings. The topological polar surface area (TPSA) is 26.3 Å². The first-order valence-electron chi connectivity index (χ1n) is 5.78. The van der Waals surface area contributed by atoms with E-state index in [9.17, 15) is 4.79 Å². The van der Waals surface area contributed by atoms with E-state index in [-0.39, 0.29) is 11.2 Å². The van der Waals surface area contributed by atoms with Crippen LogP contribution in [0, 0.1) is 23.2 Å². The highest BCUT2D eigenvalue weighted by atomic mass is 16.5. The fourth-order valence-electron chi connectivity index (χ4n) is 2.94. The van der Waals surface area contributed by atoms with E-state index in [2.05, 4.69) is 17.9 Å². The second-order valence-electron chi connectivity index (χ2n) is 4.95. The lowest BCUT2D eigenvalue weighted by Gasteiger charge is -2.49. The van der Waals surface area contributed by atoms with Crippen LogP contribution in [0.25, 0.3) is 0 Å². The Morgan fingerprint density at radius 2 is 2.38 bits per heavy atom. The number of methoxy groups -OCH3 is 1. The Morgan fingerprint density at radius 1 is 1.62 bits per heavy atom. The molecule has 0 amide bonds. The second kappa shape index (κ2) is 3.75. The van der Waals surface area contributed by atoms with Crippen molar-refractivity contribution in [2.45, 2.75) is 38.7 Å². The van der Waals surface area contributed by atoms with Crippen LogP contribution in [0.2, 0.25) is 0 Å². The van der Waals surface area contributed by atoms with Gasteiger partial charge in [0, 0.05) is 18.9 Å². The molecule has 0 N–H and O–H groups in total. The van der Waals surface area contributed by atoms with Crippen LogP contribution in [-0.2, 0) is 9.53 Å². The summed E-state index contributed by atoms with van der Waals surface area (Å²) < 4.78 is 5.47. The monoisotopic (exact) mass is 218 g/mol. The molecule has 0 radical (unpaired) electrons. The third-order valence-corrected chi connectivity index (χ3v) is 4.14. The van der Waals surface area contributed by atoms with Gasteiger partial charge in [-0.25, -0.2) is 0 Å². The molecule has 3 atom stereocenters. The summed E-state index contributed by atoms with van der Waals surface area (Å²) in [7, 11) is 1.62. The Kier molecular flexibility index (Phi) is 2.67. The van der Waals surface area contributed by atoms with Crippen LogP contribution >= 0.6 is 0 Å². The zero-order valence-electron chi connectivity index (χ0n) is 10.2. The SMILES string of the molecule is CC#CC[C@@]1(C)C(=O)[C@@]2(OC)C=C[C@@H]1CC2. The smallest absolute Gasteiger partial charge is 0.175 e. The Labute approximate surface area is 97.1 Å². The van der Waals surface area contributed by atoms with Gasteiger partial charge >= 0.3 is 0 Å². The number of carbonyl (C=O) groups excluding carboxylic acids is 1. The van der Waals surface area contributed by atoms with Gasteiger partial charge in [-0.15, -0.1) is 11.8 Å². The van der Waals surface area contributed by atoms with Crippen LogP contribution in [0.4, 0.5) is 0 Å². The maximum Gasteiger partial charge on any atom is 0.175 e. The highest BCUT2D eigenvalue weighted by Gasteiger charge is 2.56. The molecule has 2 heteroatoms. The highest BCUT2D eigenvalue weighted by molar-refractivity contribution is 5.97. The Balaban J connectivity index is 2.39. The average molecular weight is 218 g/mol. The van der Waals surface area contributed by atoms with Crippen molar-refractivity contribution in [3.05, 3.63) is 12.2 Å². The first kappa shape index (κ1) is 11.4. The van der Waals surface area contributed by atoms with Crippen LogP contribution in [0.1, 0.15) is 33.1 Å². The van der Waals surface area contributed by atoms with E-state index in [1.807, 2.05) is 19.9 Å². The van der Waals surface area contributed by atoms with Gasteiger partial charge in [-0.3, -0.25) is 4.79 Å². The lowest BCUT2D eigenvalue weighted by atomic mass is 9.56. The molecular formula is C14H18O2. The number of allylic oxidation sites excluding steroid dienone is 1. The zero-order valence-corrected chi connectivity index (χ0v) is 10.2. The summed E-state index contributed by atoms with van der Waals surface area (Å²) in [6, 6.07) is 0. The van der Waals surface area contributed by atoms with E-state index in [0.717, 1.165) is 12.8 Å². The lowest BCUT2D eigenvalue weighted by Crippen LogP contribution is -2.57. The van der Waals surface area contributed by atoms with E-state index < -0.39 is 5.60 Å². The minimum atomic E-state index is -0.668. The van der Waals surface area contributed by atoms with E-state index in [1.54, 1.807) is 7.11 Å². The average Bonchev–Trinajstić information content (AvgIpc) is 2.34. The molecule has 3 aliphatic rings. The molecule has 0 aromatic carbocycles. The van der Waals surface area contributed by atoms with Gasteiger partial charge in [0.15, 0.2) is 5.78 Å². The van der Waals surface area contributed by atoms with E-state index in [1.165, 1.54) is 0 Å². The van der Waals surface area contributed by atoms with Crippen molar-refractivity contribution in [1.29, 1.82) is 0 Å². The predicted octanol–water partition coefficient (Wildman–Crippen LogP) is 2.34. The van der Waals surface area contributed by atoms with Crippen LogP contribution in [0.15, 0.2) is 12.2 Å². The summed E-state index contributed by atoms with van der Waals surface area (Å²) in [6.45, 7) is 3.84. The highest BCUT2D eigenvalue weighted by Crippen LogP contribution is 2.50. The summed E-state index contributed by atoms with van der Waals surface area (Å²) >= 11 is 0. The third-order valence-electron chi connectivity index (χ3n) is 4.14. The summed E-state index contributed by atoms with van der Waals surface area (Å²) in [6.07, 6.45) is 6.58. The van der Waals surface area contributed by atoms with Crippen LogP contribution < -0.4 is 0 Å². The molecule has 0 aliphatic heterocycles. The van der Waals surface area contributed by atoms with E-state index in [0.29, 0.717) is 12.3 Å². The number of Topliss-reactive ketones (excluding diaryl/α,β-unsaturated/α-hetero) is 1. The molecule has 2 nitrogen and oxygen atoms in total. The molecule has 0 aromatic heterocycles. The number of carbonyl (C=O) groups is 1. The van der Waals surface area contributed by atoms with Crippen molar-refractivity contribution in [2.24, 2.45) is 11.3 Å². The van der Waals surface area contributed by atoms with Crippen LogP contribution in [0.3, 0.4) is 0 Å². The Morgan fingerprint density at radius 3 is 2.88 bits per heavy atom. The Hall–Kier alpha value is -1.07. The Bertz CT molecular complexity index is 399. The van der Waals surface area contributed by atoms with Gasteiger partial charge in [0.2, 0.25) is 0 Å².